The summed E-state index contributed by atoms with van der Waals surface area (Å²) < 4.78 is 4.91. The number of aryl methyl sites for hydroxylation is 1. The van der Waals surface area contributed by atoms with Gasteiger partial charge in [0.25, 0.3) is 11.6 Å². The minimum absolute atomic E-state index is 0.00152. The van der Waals surface area contributed by atoms with Crippen LogP contribution in [0.2, 0.25) is 0 Å². The number of methoxy groups -OCH3 is 1. The molecule has 0 amide bonds. The number of rotatable bonds is 4. The highest BCUT2D eigenvalue weighted by molar-refractivity contribution is 5.82. The van der Waals surface area contributed by atoms with Gasteiger partial charge in [-0.15, -0.1) is 0 Å². The highest BCUT2D eigenvalue weighted by Gasteiger charge is 2.05. The molecule has 0 bridgehead atoms. The van der Waals surface area contributed by atoms with Crippen LogP contribution in [0.3, 0.4) is 0 Å². The monoisotopic (exact) mass is 273 g/mol. The Bertz CT molecular complexity index is 672. The normalized spacial score (nSPS) is 10.7. The van der Waals surface area contributed by atoms with E-state index in [2.05, 4.69) is 19.9 Å². The van der Waals surface area contributed by atoms with Crippen molar-refractivity contribution in [1.29, 1.82) is 0 Å². The number of hydrogen-bond donors (Lipinski definition) is 0. The molecular weight excluding hydrogens is 262 g/mol. The molecule has 2 rings (SSSR count). The van der Waals surface area contributed by atoms with Gasteiger partial charge < -0.3 is 4.74 Å². The fraction of sp³-hybridized carbons (Fsp3) is 0.167. The molecular formula is C12H11N5O3. The summed E-state index contributed by atoms with van der Waals surface area (Å²) in [5.41, 5.74) is 0.578. The van der Waals surface area contributed by atoms with Crippen LogP contribution in [0, 0.1) is 17.0 Å². The SMILES string of the molecule is COc1nc(C)nc(/N=C/c2cccc([N+](=O)[O-])c2)n1. The summed E-state index contributed by atoms with van der Waals surface area (Å²) in [4.78, 5) is 26.2. The molecule has 102 valence electrons. The zero-order valence-electron chi connectivity index (χ0n) is 10.8. The van der Waals surface area contributed by atoms with Crippen molar-refractivity contribution in [2.24, 2.45) is 4.99 Å². The Morgan fingerprint density at radius 3 is 2.85 bits per heavy atom. The van der Waals surface area contributed by atoms with Crippen LogP contribution in [0.25, 0.3) is 0 Å². The van der Waals surface area contributed by atoms with E-state index in [1.807, 2.05) is 0 Å². The molecule has 1 aromatic carbocycles. The van der Waals surface area contributed by atoms with E-state index in [1.54, 1.807) is 19.1 Å². The summed E-state index contributed by atoms with van der Waals surface area (Å²) in [5, 5.41) is 10.7. The molecule has 0 spiro atoms. The molecule has 0 unspecified atom stereocenters. The van der Waals surface area contributed by atoms with Crippen LogP contribution in [0.1, 0.15) is 11.4 Å². The fourth-order valence-corrected chi connectivity index (χ4v) is 1.44. The second-order valence-electron chi connectivity index (χ2n) is 3.78. The van der Waals surface area contributed by atoms with Crippen molar-refractivity contribution >= 4 is 17.9 Å². The van der Waals surface area contributed by atoms with Gasteiger partial charge in [0.05, 0.1) is 12.0 Å². The molecule has 1 heterocycles. The molecule has 0 atom stereocenters. The molecule has 0 saturated carbocycles. The molecule has 1 aromatic heterocycles. The predicted molar refractivity (Wildman–Crippen MR) is 71.5 cm³/mol. The first-order valence-corrected chi connectivity index (χ1v) is 5.63. The third kappa shape index (κ3) is 3.31. The lowest BCUT2D eigenvalue weighted by Crippen LogP contribution is -1.97. The van der Waals surface area contributed by atoms with Crippen LogP contribution in [0.5, 0.6) is 6.01 Å². The summed E-state index contributed by atoms with van der Waals surface area (Å²) in [6, 6.07) is 6.27. The summed E-state index contributed by atoms with van der Waals surface area (Å²) >= 11 is 0. The maximum atomic E-state index is 10.7. The average molecular weight is 273 g/mol. The molecule has 0 radical (unpaired) electrons. The van der Waals surface area contributed by atoms with E-state index in [9.17, 15) is 10.1 Å². The quantitative estimate of drug-likeness (QED) is 0.478. The second-order valence-corrected chi connectivity index (χ2v) is 3.78. The Labute approximate surface area is 114 Å². The van der Waals surface area contributed by atoms with Gasteiger partial charge in [-0.3, -0.25) is 10.1 Å². The van der Waals surface area contributed by atoms with Gasteiger partial charge in [-0.05, 0) is 12.5 Å². The number of non-ortho nitro benzene ring substituents is 1. The van der Waals surface area contributed by atoms with Gasteiger partial charge in [0.15, 0.2) is 0 Å². The van der Waals surface area contributed by atoms with Gasteiger partial charge in [-0.25, -0.2) is 4.99 Å². The van der Waals surface area contributed by atoms with Crippen LogP contribution in [0.15, 0.2) is 29.3 Å². The Kier molecular flexibility index (Phi) is 3.94. The highest BCUT2D eigenvalue weighted by Crippen LogP contribution is 2.13. The topological polar surface area (TPSA) is 103 Å². The van der Waals surface area contributed by atoms with Gasteiger partial charge in [-0.1, -0.05) is 12.1 Å². The molecule has 20 heavy (non-hydrogen) atoms. The van der Waals surface area contributed by atoms with Crippen LogP contribution >= 0.6 is 0 Å². The summed E-state index contributed by atoms with van der Waals surface area (Å²) in [6.45, 7) is 1.69. The van der Waals surface area contributed by atoms with E-state index in [-0.39, 0.29) is 17.6 Å². The van der Waals surface area contributed by atoms with Gasteiger partial charge in [0, 0.05) is 18.3 Å². The Hall–Kier alpha value is -2.90. The number of benzene rings is 1. The average Bonchev–Trinajstić information content (AvgIpc) is 2.44. The maximum absolute atomic E-state index is 10.7. The lowest BCUT2D eigenvalue weighted by atomic mass is 10.2. The lowest BCUT2D eigenvalue weighted by molar-refractivity contribution is -0.384. The lowest BCUT2D eigenvalue weighted by Gasteiger charge is -1.99. The maximum Gasteiger partial charge on any atom is 0.321 e. The van der Waals surface area contributed by atoms with E-state index >= 15 is 0 Å². The third-order valence-electron chi connectivity index (χ3n) is 2.31. The van der Waals surface area contributed by atoms with Crippen molar-refractivity contribution in [2.75, 3.05) is 7.11 Å². The van der Waals surface area contributed by atoms with Crippen molar-refractivity contribution in [3.05, 3.63) is 45.8 Å². The summed E-state index contributed by atoms with van der Waals surface area (Å²) in [7, 11) is 1.45. The van der Waals surface area contributed by atoms with Crippen LogP contribution in [0.4, 0.5) is 11.6 Å². The molecule has 8 heteroatoms. The first kappa shape index (κ1) is 13.5. The second kappa shape index (κ2) is 5.83. The molecule has 0 aliphatic rings. The van der Waals surface area contributed by atoms with Gasteiger partial charge in [-0.2, -0.15) is 15.0 Å². The van der Waals surface area contributed by atoms with E-state index < -0.39 is 4.92 Å². The third-order valence-corrected chi connectivity index (χ3v) is 2.31. The van der Waals surface area contributed by atoms with Crippen molar-refractivity contribution in [3.63, 3.8) is 0 Å². The van der Waals surface area contributed by atoms with Crippen LogP contribution < -0.4 is 4.74 Å². The van der Waals surface area contributed by atoms with Crippen molar-refractivity contribution in [3.8, 4) is 6.01 Å². The molecule has 0 aliphatic heterocycles. The zero-order valence-corrected chi connectivity index (χ0v) is 10.8. The standard InChI is InChI=1S/C12H11N5O3/c1-8-14-11(16-12(15-8)20-2)13-7-9-4-3-5-10(6-9)17(18)19/h3-7H,1-2H3/b13-7+. The number of nitrogens with zero attached hydrogens (tertiary/aromatic N) is 5. The first-order chi connectivity index (χ1) is 9.58. The van der Waals surface area contributed by atoms with E-state index in [0.29, 0.717) is 11.4 Å². The minimum Gasteiger partial charge on any atom is -0.467 e. The summed E-state index contributed by atoms with van der Waals surface area (Å²) in [6.07, 6.45) is 1.45. The van der Waals surface area contributed by atoms with E-state index in [1.165, 1.54) is 25.5 Å². The highest BCUT2D eigenvalue weighted by atomic mass is 16.6. The molecule has 2 aromatic rings. The molecule has 8 nitrogen and oxygen atoms in total. The van der Waals surface area contributed by atoms with Crippen molar-refractivity contribution < 1.29 is 9.66 Å². The van der Waals surface area contributed by atoms with Crippen molar-refractivity contribution in [2.45, 2.75) is 6.92 Å². The molecule has 0 fully saturated rings. The van der Waals surface area contributed by atoms with Crippen molar-refractivity contribution in [1.82, 2.24) is 15.0 Å². The summed E-state index contributed by atoms with van der Waals surface area (Å²) in [5.74, 6) is 0.656. The number of nitro groups is 1. The zero-order chi connectivity index (χ0) is 14.5. The fourth-order valence-electron chi connectivity index (χ4n) is 1.44. The largest absolute Gasteiger partial charge is 0.467 e. The number of aliphatic imine (C=N–C) groups is 1. The van der Waals surface area contributed by atoms with Crippen LogP contribution in [-0.4, -0.2) is 33.2 Å². The smallest absolute Gasteiger partial charge is 0.321 e. The Morgan fingerprint density at radius 2 is 2.15 bits per heavy atom. The molecule has 0 saturated heterocycles. The van der Waals surface area contributed by atoms with Gasteiger partial charge >= 0.3 is 6.01 Å². The van der Waals surface area contributed by atoms with Gasteiger partial charge in [0.1, 0.15) is 5.82 Å². The number of nitro benzene ring substituents is 1. The molecule has 0 N–H and O–H groups in total. The Morgan fingerprint density at radius 1 is 1.35 bits per heavy atom. The van der Waals surface area contributed by atoms with E-state index in [4.69, 9.17) is 4.74 Å². The van der Waals surface area contributed by atoms with Crippen LogP contribution in [-0.2, 0) is 0 Å². The van der Waals surface area contributed by atoms with E-state index in [0.717, 1.165) is 0 Å². The number of aromatic nitrogens is 3. The Balaban J connectivity index is 2.27. The number of hydrogen-bond acceptors (Lipinski definition) is 7. The molecule has 0 aliphatic carbocycles. The predicted octanol–water partition coefficient (Wildman–Crippen LogP) is 1.85. The number of ether oxygens (including phenoxy) is 1. The minimum atomic E-state index is -0.465. The van der Waals surface area contributed by atoms with Gasteiger partial charge in [0.2, 0.25) is 0 Å². The first-order valence-electron chi connectivity index (χ1n) is 5.63.